The molecule has 0 spiro atoms. The molecule has 2 heterocycles. The minimum absolute atomic E-state index is 0.482. The van der Waals surface area contributed by atoms with Gasteiger partial charge in [0.05, 0.1) is 17.9 Å². The van der Waals surface area contributed by atoms with Crippen molar-refractivity contribution in [1.82, 2.24) is 14.8 Å². The van der Waals surface area contributed by atoms with Crippen LogP contribution in [0.15, 0.2) is 23.1 Å². The third-order valence-electron chi connectivity index (χ3n) is 1.60. The summed E-state index contributed by atoms with van der Waals surface area (Å²) in [4.78, 5) is 14.5. The van der Waals surface area contributed by atoms with Crippen molar-refractivity contribution < 1.29 is 9.90 Å². The zero-order chi connectivity index (χ0) is 9.42. The Balaban J connectivity index is 2.76. The van der Waals surface area contributed by atoms with Crippen LogP contribution in [0, 0.1) is 0 Å². The van der Waals surface area contributed by atoms with Gasteiger partial charge in [-0.15, -0.1) is 0 Å². The van der Waals surface area contributed by atoms with E-state index in [-0.39, 0.29) is 0 Å². The van der Waals surface area contributed by atoms with E-state index in [0.29, 0.717) is 10.1 Å². The lowest BCUT2D eigenvalue weighted by Gasteiger charge is -1.94. The minimum atomic E-state index is -1.11. The van der Waals surface area contributed by atoms with Crippen molar-refractivity contribution in [2.45, 2.75) is 0 Å². The number of aromatic nitrogens is 3. The third-order valence-corrected chi connectivity index (χ3v) is 2.04. The van der Waals surface area contributed by atoms with Crippen LogP contribution in [0.3, 0.4) is 0 Å². The summed E-state index contributed by atoms with van der Waals surface area (Å²) < 4.78 is 1.54. The van der Waals surface area contributed by atoms with E-state index < -0.39 is 6.09 Å². The molecule has 5 nitrogen and oxygen atoms in total. The first-order valence-electron chi connectivity index (χ1n) is 3.41. The van der Waals surface area contributed by atoms with Gasteiger partial charge in [-0.1, -0.05) is 0 Å². The highest BCUT2D eigenvalue weighted by Gasteiger charge is 2.08. The third kappa shape index (κ3) is 1.29. The predicted molar refractivity (Wildman–Crippen MR) is 48.7 cm³/mol. The van der Waals surface area contributed by atoms with E-state index in [1.54, 1.807) is 6.07 Å². The molecule has 2 aromatic rings. The first-order chi connectivity index (χ1) is 6.18. The summed E-state index contributed by atoms with van der Waals surface area (Å²) in [5, 5.41) is 13.1. The van der Waals surface area contributed by atoms with Crippen molar-refractivity contribution in [3.05, 3.63) is 23.1 Å². The summed E-state index contributed by atoms with van der Waals surface area (Å²) in [5.74, 6) is 0. The topological polar surface area (TPSA) is 68.0 Å². The molecule has 0 aliphatic heterocycles. The molecular weight excluding hydrogens is 238 g/mol. The van der Waals surface area contributed by atoms with Gasteiger partial charge in [-0.2, -0.15) is 9.78 Å². The number of hydrogen-bond acceptors (Lipinski definition) is 3. The van der Waals surface area contributed by atoms with Crippen molar-refractivity contribution in [3.8, 4) is 0 Å². The normalized spacial score (nSPS) is 10.5. The number of rotatable bonds is 0. The highest BCUT2D eigenvalue weighted by Crippen LogP contribution is 2.16. The molecule has 0 saturated carbocycles. The number of carboxylic acid groups (broad SMARTS) is 1. The molecule has 0 bridgehead atoms. The molecule has 2 aromatic heterocycles. The van der Waals surface area contributed by atoms with Gasteiger partial charge in [0.2, 0.25) is 0 Å². The van der Waals surface area contributed by atoms with E-state index in [1.807, 2.05) is 0 Å². The van der Waals surface area contributed by atoms with Crippen LogP contribution in [0.5, 0.6) is 0 Å². The van der Waals surface area contributed by atoms with Crippen LogP contribution in [-0.4, -0.2) is 26.0 Å². The highest BCUT2D eigenvalue weighted by atomic mass is 79.9. The fraction of sp³-hybridized carbons (Fsp3) is 0. The number of hydrogen-bond donors (Lipinski definition) is 1. The second kappa shape index (κ2) is 2.81. The SMILES string of the molecule is O=C(O)n1ncc2cc(Br)ncc21. The Bertz CT molecular complexity index is 480. The lowest BCUT2D eigenvalue weighted by molar-refractivity contribution is 0.194. The molecule has 0 amide bonds. The molecule has 6 heteroatoms. The van der Waals surface area contributed by atoms with Crippen LogP contribution in [-0.2, 0) is 0 Å². The fourth-order valence-electron chi connectivity index (χ4n) is 1.05. The summed E-state index contributed by atoms with van der Waals surface area (Å²) in [6.07, 6.45) is 1.83. The van der Waals surface area contributed by atoms with Crippen molar-refractivity contribution in [1.29, 1.82) is 0 Å². The second-order valence-corrected chi connectivity index (χ2v) is 3.22. The first kappa shape index (κ1) is 8.18. The zero-order valence-corrected chi connectivity index (χ0v) is 7.89. The summed E-state index contributed by atoms with van der Waals surface area (Å²) in [6, 6.07) is 1.71. The minimum Gasteiger partial charge on any atom is -0.463 e. The van der Waals surface area contributed by atoms with Crippen molar-refractivity contribution in [3.63, 3.8) is 0 Å². The maximum Gasteiger partial charge on any atom is 0.432 e. The maximum atomic E-state index is 10.6. The van der Waals surface area contributed by atoms with Gasteiger partial charge in [-0.25, -0.2) is 9.78 Å². The molecule has 0 aromatic carbocycles. The first-order valence-corrected chi connectivity index (χ1v) is 4.20. The summed E-state index contributed by atoms with van der Waals surface area (Å²) in [7, 11) is 0. The van der Waals surface area contributed by atoms with Crippen LogP contribution in [0.4, 0.5) is 4.79 Å². The Morgan fingerprint density at radius 1 is 1.54 bits per heavy atom. The molecule has 66 valence electrons. The molecular formula is C7H4BrN3O2. The lowest BCUT2D eigenvalue weighted by Crippen LogP contribution is -2.08. The molecule has 0 aliphatic rings. The van der Waals surface area contributed by atoms with E-state index in [4.69, 9.17) is 5.11 Å². The maximum absolute atomic E-state index is 10.6. The summed E-state index contributed by atoms with van der Waals surface area (Å²) >= 11 is 3.18. The van der Waals surface area contributed by atoms with Gasteiger partial charge in [-0.05, 0) is 22.0 Å². The fourth-order valence-corrected chi connectivity index (χ4v) is 1.40. The van der Waals surface area contributed by atoms with Crippen LogP contribution in [0.2, 0.25) is 0 Å². The summed E-state index contributed by atoms with van der Waals surface area (Å²) in [5.41, 5.74) is 0.482. The van der Waals surface area contributed by atoms with Crippen molar-refractivity contribution in [2.75, 3.05) is 0 Å². The second-order valence-electron chi connectivity index (χ2n) is 2.40. The Labute approximate surface area is 81.1 Å². The van der Waals surface area contributed by atoms with E-state index in [1.165, 1.54) is 12.4 Å². The van der Waals surface area contributed by atoms with E-state index in [2.05, 4.69) is 26.0 Å². The molecule has 1 N–H and O–H groups in total. The molecule has 13 heavy (non-hydrogen) atoms. The van der Waals surface area contributed by atoms with Crippen LogP contribution < -0.4 is 0 Å². The number of fused-ring (bicyclic) bond motifs is 1. The standard InChI is InChI=1S/C7H4BrN3O2/c8-6-1-4-2-10-11(7(12)13)5(4)3-9-6/h1-3H,(H,12,13). The van der Waals surface area contributed by atoms with Crippen molar-refractivity contribution >= 4 is 32.9 Å². The Kier molecular flexibility index (Phi) is 1.77. The largest absolute Gasteiger partial charge is 0.463 e. The van der Waals surface area contributed by atoms with Crippen LogP contribution in [0.1, 0.15) is 0 Å². The Morgan fingerprint density at radius 2 is 2.31 bits per heavy atom. The predicted octanol–water partition coefficient (Wildman–Crippen LogP) is 1.72. The van der Waals surface area contributed by atoms with Gasteiger partial charge in [-0.3, -0.25) is 0 Å². The Hall–Kier alpha value is -1.43. The highest BCUT2D eigenvalue weighted by molar-refractivity contribution is 9.10. The molecule has 0 radical (unpaired) electrons. The van der Waals surface area contributed by atoms with Gasteiger partial charge in [0, 0.05) is 5.39 Å². The van der Waals surface area contributed by atoms with Gasteiger partial charge in [0.25, 0.3) is 0 Å². The molecule has 0 unspecified atom stereocenters. The van der Waals surface area contributed by atoms with Gasteiger partial charge < -0.3 is 5.11 Å². The van der Waals surface area contributed by atoms with Gasteiger partial charge >= 0.3 is 6.09 Å². The molecule has 0 saturated heterocycles. The summed E-state index contributed by atoms with van der Waals surface area (Å²) in [6.45, 7) is 0. The average Bonchev–Trinajstić information content (AvgIpc) is 2.46. The number of nitrogens with zero attached hydrogens (tertiary/aromatic N) is 3. The molecule has 0 aliphatic carbocycles. The lowest BCUT2D eigenvalue weighted by atomic mass is 10.3. The van der Waals surface area contributed by atoms with Crippen LogP contribution >= 0.6 is 15.9 Å². The smallest absolute Gasteiger partial charge is 0.432 e. The monoisotopic (exact) mass is 241 g/mol. The van der Waals surface area contributed by atoms with Crippen molar-refractivity contribution in [2.24, 2.45) is 0 Å². The van der Waals surface area contributed by atoms with Gasteiger partial charge in [0.1, 0.15) is 4.60 Å². The number of pyridine rings is 1. The molecule has 0 atom stereocenters. The number of halogens is 1. The molecule has 0 fully saturated rings. The van der Waals surface area contributed by atoms with Crippen LogP contribution in [0.25, 0.3) is 10.9 Å². The van der Waals surface area contributed by atoms with E-state index in [9.17, 15) is 4.79 Å². The zero-order valence-electron chi connectivity index (χ0n) is 6.31. The average molecular weight is 242 g/mol. The van der Waals surface area contributed by atoms with E-state index >= 15 is 0 Å². The molecule has 2 rings (SSSR count). The quantitative estimate of drug-likeness (QED) is 0.714. The Morgan fingerprint density at radius 3 is 3.00 bits per heavy atom. The van der Waals surface area contributed by atoms with E-state index in [0.717, 1.165) is 10.1 Å². The van der Waals surface area contributed by atoms with Gasteiger partial charge in [0.15, 0.2) is 0 Å². The number of carbonyl (C=O) groups is 1.